The zero-order valence-corrected chi connectivity index (χ0v) is 11.5. The van der Waals surface area contributed by atoms with E-state index in [4.69, 9.17) is 10.5 Å². The molecule has 0 saturated carbocycles. The number of carbonyl (C=O) groups is 2. The molecular weight excluding hydrogens is 244 g/mol. The van der Waals surface area contributed by atoms with Crippen LogP contribution >= 0.6 is 0 Å². The summed E-state index contributed by atoms with van der Waals surface area (Å²) >= 11 is 0. The Morgan fingerprint density at radius 2 is 2.05 bits per heavy atom. The summed E-state index contributed by atoms with van der Waals surface area (Å²) in [5, 5.41) is 3.13. The molecule has 19 heavy (non-hydrogen) atoms. The van der Waals surface area contributed by atoms with Crippen LogP contribution in [-0.4, -0.2) is 25.0 Å². The van der Waals surface area contributed by atoms with Crippen LogP contribution in [0.4, 0.5) is 0 Å². The minimum absolute atomic E-state index is 0.117. The molecule has 1 aromatic carbocycles. The number of ether oxygens (including phenoxy) is 1. The fourth-order valence-corrected chi connectivity index (χ4v) is 1.78. The topological polar surface area (TPSA) is 81.4 Å². The van der Waals surface area contributed by atoms with Gasteiger partial charge in [-0.15, -0.1) is 0 Å². The van der Waals surface area contributed by atoms with Crippen molar-refractivity contribution in [1.29, 1.82) is 0 Å². The maximum Gasteiger partial charge on any atom is 0.323 e. The third-order valence-electron chi connectivity index (χ3n) is 2.86. The molecule has 0 aromatic heterocycles. The summed E-state index contributed by atoms with van der Waals surface area (Å²) in [5.41, 5.74) is 6.57. The summed E-state index contributed by atoms with van der Waals surface area (Å²) in [5.74, 6) is -0.636. The summed E-state index contributed by atoms with van der Waals surface area (Å²) in [6.45, 7) is 4.35. The highest BCUT2D eigenvalue weighted by Crippen LogP contribution is 2.08. The Labute approximate surface area is 113 Å². The van der Waals surface area contributed by atoms with Gasteiger partial charge in [0.2, 0.25) is 5.91 Å². The predicted molar refractivity (Wildman–Crippen MR) is 72.4 cm³/mol. The fourth-order valence-electron chi connectivity index (χ4n) is 1.78. The van der Waals surface area contributed by atoms with Crippen molar-refractivity contribution in [3.05, 3.63) is 35.4 Å². The third kappa shape index (κ3) is 4.37. The molecule has 104 valence electrons. The lowest BCUT2D eigenvalue weighted by Crippen LogP contribution is -2.41. The number of primary amides is 1. The molecule has 0 bridgehead atoms. The average molecular weight is 264 g/mol. The number of nitrogens with one attached hydrogen (secondary N) is 1. The van der Waals surface area contributed by atoms with Gasteiger partial charge in [-0.1, -0.05) is 26.0 Å². The quantitative estimate of drug-likeness (QED) is 0.753. The predicted octanol–water partition coefficient (Wildman–Crippen LogP) is 1.07. The van der Waals surface area contributed by atoms with Gasteiger partial charge in [-0.25, -0.2) is 0 Å². The Balaban J connectivity index is 2.71. The normalized spacial score (nSPS) is 12.2. The molecule has 0 fully saturated rings. The Bertz CT molecular complexity index is 458. The van der Waals surface area contributed by atoms with E-state index in [2.05, 4.69) is 5.32 Å². The Kier molecular flexibility index (Phi) is 5.51. The van der Waals surface area contributed by atoms with Gasteiger partial charge >= 0.3 is 5.97 Å². The van der Waals surface area contributed by atoms with Gasteiger partial charge in [0.15, 0.2) is 0 Å². The van der Waals surface area contributed by atoms with Crippen molar-refractivity contribution in [3.8, 4) is 0 Å². The first-order chi connectivity index (χ1) is 8.95. The highest BCUT2D eigenvalue weighted by atomic mass is 16.5. The van der Waals surface area contributed by atoms with Gasteiger partial charge < -0.3 is 15.8 Å². The van der Waals surface area contributed by atoms with Gasteiger partial charge in [-0.2, -0.15) is 0 Å². The molecule has 1 rings (SSSR count). The van der Waals surface area contributed by atoms with Crippen molar-refractivity contribution >= 4 is 11.9 Å². The van der Waals surface area contributed by atoms with Crippen LogP contribution in [0.3, 0.4) is 0 Å². The molecule has 1 aromatic rings. The van der Waals surface area contributed by atoms with E-state index in [1.54, 1.807) is 18.2 Å². The van der Waals surface area contributed by atoms with Crippen molar-refractivity contribution in [2.24, 2.45) is 11.7 Å². The van der Waals surface area contributed by atoms with Crippen molar-refractivity contribution in [2.75, 3.05) is 7.11 Å². The van der Waals surface area contributed by atoms with E-state index in [9.17, 15) is 9.59 Å². The molecule has 0 heterocycles. The largest absolute Gasteiger partial charge is 0.468 e. The van der Waals surface area contributed by atoms with E-state index in [1.165, 1.54) is 7.11 Å². The summed E-state index contributed by atoms with van der Waals surface area (Å²) in [6, 6.07) is 6.63. The van der Waals surface area contributed by atoms with Crippen LogP contribution in [-0.2, 0) is 16.1 Å². The molecule has 0 radical (unpaired) electrons. The highest BCUT2D eigenvalue weighted by molar-refractivity contribution is 5.92. The third-order valence-corrected chi connectivity index (χ3v) is 2.86. The molecule has 0 aliphatic heterocycles. The van der Waals surface area contributed by atoms with E-state index < -0.39 is 5.91 Å². The number of hydrogen-bond acceptors (Lipinski definition) is 4. The van der Waals surface area contributed by atoms with Crippen molar-refractivity contribution in [1.82, 2.24) is 5.32 Å². The minimum atomic E-state index is -0.463. The van der Waals surface area contributed by atoms with E-state index in [0.29, 0.717) is 12.1 Å². The van der Waals surface area contributed by atoms with Crippen LogP contribution in [0.2, 0.25) is 0 Å². The molecule has 5 nitrogen and oxygen atoms in total. The summed E-state index contributed by atoms with van der Waals surface area (Å²) in [4.78, 5) is 22.7. The molecule has 0 spiro atoms. The lowest BCUT2D eigenvalue weighted by Gasteiger charge is -2.19. The lowest BCUT2D eigenvalue weighted by molar-refractivity contribution is -0.144. The second-order valence-electron chi connectivity index (χ2n) is 4.69. The van der Waals surface area contributed by atoms with Crippen LogP contribution in [0.5, 0.6) is 0 Å². The van der Waals surface area contributed by atoms with Crippen LogP contribution in [0.1, 0.15) is 29.8 Å². The van der Waals surface area contributed by atoms with Crippen LogP contribution in [0.25, 0.3) is 0 Å². The maximum absolute atomic E-state index is 11.6. The van der Waals surface area contributed by atoms with Gasteiger partial charge in [0.05, 0.1) is 7.11 Å². The number of nitrogens with two attached hydrogens (primary N) is 1. The van der Waals surface area contributed by atoms with Gasteiger partial charge in [-0.3, -0.25) is 9.59 Å². The second-order valence-corrected chi connectivity index (χ2v) is 4.69. The number of hydrogen-bond donors (Lipinski definition) is 2. The Morgan fingerprint density at radius 3 is 2.58 bits per heavy atom. The number of amides is 1. The molecule has 1 amide bonds. The van der Waals surface area contributed by atoms with Crippen LogP contribution in [0, 0.1) is 5.92 Å². The number of esters is 1. The Hall–Kier alpha value is -1.88. The van der Waals surface area contributed by atoms with E-state index in [-0.39, 0.29) is 17.9 Å². The fraction of sp³-hybridized carbons (Fsp3) is 0.429. The molecule has 5 heteroatoms. The van der Waals surface area contributed by atoms with Gasteiger partial charge in [0, 0.05) is 12.1 Å². The summed E-state index contributed by atoms with van der Waals surface area (Å²) in [7, 11) is 1.37. The van der Waals surface area contributed by atoms with Crippen molar-refractivity contribution < 1.29 is 14.3 Å². The van der Waals surface area contributed by atoms with Crippen molar-refractivity contribution in [2.45, 2.75) is 26.4 Å². The van der Waals surface area contributed by atoms with Crippen LogP contribution in [0.15, 0.2) is 24.3 Å². The average Bonchev–Trinajstić information content (AvgIpc) is 2.38. The smallest absolute Gasteiger partial charge is 0.323 e. The highest BCUT2D eigenvalue weighted by Gasteiger charge is 2.22. The molecule has 0 saturated heterocycles. The number of methoxy groups -OCH3 is 1. The van der Waals surface area contributed by atoms with Gasteiger partial charge in [0.25, 0.3) is 0 Å². The zero-order valence-electron chi connectivity index (χ0n) is 11.5. The van der Waals surface area contributed by atoms with Crippen molar-refractivity contribution in [3.63, 3.8) is 0 Å². The number of benzene rings is 1. The number of carbonyl (C=O) groups excluding carboxylic acids is 2. The van der Waals surface area contributed by atoms with Gasteiger partial charge in [0.1, 0.15) is 6.04 Å². The molecule has 0 aliphatic rings. The first-order valence-corrected chi connectivity index (χ1v) is 6.15. The Morgan fingerprint density at radius 1 is 1.37 bits per heavy atom. The molecular formula is C14H20N2O3. The van der Waals surface area contributed by atoms with Crippen LogP contribution < -0.4 is 11.1 Å². The first-order valence-electron chi connectivity index (χ1n) is 6.15. The molecule has 0 aliphatic carbocycles. The first kappa shape index (κ1) is 15.2. The number of rotatable bonds is 6. The van der Waals surface area contributed by atoms with E-state index >= 15 is 0 Å². The van der Waals surface area contributed by atoms with E-state index in [1.807, 2.05) is 19.9 Å². The van der Waals surface area contributed by atoms with E-state index in [0.717, 1.165) is 5.56 Å². The minimum Gasteiger partial charge on any atom is -0.468 e. The maximum atomic E-state index is 11.6. The second kappa shape index (κ2) is 6.89. The molecule has 0 unspecified atom stereocenters. The monoisotopic (exact) mass is 264 g/mol. The molecule has 1 atom stereocenters. The standard InChI is InChI=1S/C14H20N2O3/c1-9(2)12(14(18)19-3)16-8-10-5-4-6-11(7-10)13(15)17/h4-7,9,12,16H,8H2,1-3H3,(H2,15,17)/t12-/m0/s1. The zero-order chi connectivity index (χ0) is 14.4. The summed E-state index contributed by atoms with van der Waals surface area (Å²) in [6.07, 6.45) is 0. The van der Waals surface area contributed by atoms with Gasteiger partial charge in [-0.05, 0) is 23.6 Å². The molecule has 3 N–H and O–H groups in total. The summed E-state index contributed by atoms with van der Waals surface area (Å²) < 4.78 is 4.75. The SMILES string of the molecule is COC(=O)[C@@H](NCc1cccc(C(N)=O)c1)C(C)C. The lowest BCUT2D eigenvalue weighted by atomic mass is 10.0.